The zero-order valence-electron chi connectivity index (χ0n) is 11.3. The van der Waals surface area contributed by atoms with Crippen LogP contribution in [0.5, 0.6) is 5.75 Å². The lowest BCUT2D eigenvalue weighted by molar-refractivity contribution is 0.166. The van der Waals surface area contributed by atoms with E-state index in [1.807, 2.05) is 37.3 Å². The molecule has 100 valence electrons. The van der Waals surface area contributed by atoms with Gasteiger partial charge in [0, 0.05) is 18.0 Å². The van der Waals surface area contributed by atoms with Gasteiger partial charge in [0.05, 0.1) is 13.2 Å². The molecule has 19 heavy (non-hydrogen) atoms. The fourth-order valence-electron chi connectivity index (χ4n) is 2.08. The average Bonchev–Trinajstić information content (AvgIpc) is 2.46. The van der Waals surface area contributed by atoms with E-state index in [9.17, 15) is 5.11 Å². The minimum absolute atomic E-state index is 0.462. The smallest absolute Gasteiger partial charge is 0.118 e. The van der Waals surface area contributed by atoms with E-state index in [0.29, 0.717) is 6.42 Å². The first-order valence-electron chi connectivity index (χ1n) is 6.42. The molecular formula is C16H19NO2. The lowest BCUT2D eigenvalue weighted by Gasteiger charge is -2.13. The van der Waals surface area contributed by atoms with Gasteiger partial charge in [-0.2, -0.15) is 0 Å². The van der Waals surface area contributed by atoms with E-state index in [4.69, 9.17) is 4.74 Å². The monoisotopic (exact) mass is 257 g/mol. The van der Waals surface area contributed by atoms with E-state index < -0.39 is 6.10 Å². The van der Waals surface area contributed by atoms with Gasteiger partial charge in [-0.25, -0.2) is 0 Å². The van der Waals surface area contributed by atoms with Crippen molar-refractivity contribution in [3.63, 3.8) is 0 Å². The van der Waals surface area contributed by atoms with E-state index in [-0.39, 0.29) is 0 Å². The number of nitrogens with zero attached hydrogens (tertiary/aromatic N) is 1. The number of hydrogen-bond acceptors (Lipinski definition) is 3. The zero-order valence-corrected chi connectivity index (χ0v) is 11.3. The number of hydrogen-bond donors (Lipinski definition) is 1. The van der Waals surface area contributed by atoms with Gasteiger partial charge in [-0.15, -0.1) is 0 Å². The van der Waals surface area contributed by atoms with Crippen molar-refractivity contribution >= 4 is 0 Å². The maximum Gasteiger partial charge on any atom is 0.118 e. The third-order valence-electron chi connectivity index (χ3n) is 3.30. The number of rotatable bonds is 5. The van der Waals surface area contributed by atoms with E-state index in [1.54, 1.807) is 19.5 Å². The van der Waals surface area contributed by atoms with E-state index >= 15 is 0 Å². The number of benzene rings is 1. The Labute approximate surface area is 113 Å². The Morgan fingerprint density at radius 1 is 1.21 bits per heavy atom. The summed E-state index contributed by atoms with van der Waals surface area (Å²) >= 11 is 0. The maximum atomic E-state index is 10.2. The van der Waals surface area contributed by atoms with Gasteiger partial charge in [0.2, 0.25) is 0 Å². The predicted molar refractivity (Wildman–Crippen MR) is 75.2 cm³/mol. The number of aliphatic hydroxyl groups excluding tert-OH is 1. The van der Waals surface area contributed by atoms with Crippen molar-refractivity contribution in [2.45, 2.75) is 25.9 Å². The molecule has 0 spiro atoms. The van der Waals surface area contributed by atoms with Crippen molar-refractivity contribution < 1.29 is 9.84 Å². The molecule has 0 fully saturated rings. The quantitative estimate of drug-likeness (QED) is 0.895. The summed E-state index contributed by atoms with van der Waals surface area (Å²) in [5.41, 5.74) is 3.19. The van der Waals surface area contributed by atoms with Crippen LogP contribution in [0.25, 0.3) is 0 Å². The molecule has 1 aromatic carbocycles. The molecule has 0 aliphatic carbocycles. The highest BCUT2D eigenvalue weighted by molar-refractivity contribution is 5.28. The molecule has 0 aliphatic rings. The van der Waals surface area contributed by atoms with Gasteiger partial charge in [-0.3, -0.25) is 4.98 Å². The van der Waals surface area contributed by atoms with Gasteiger partial charge >= 0.3 is 0 Å². The SMILES string of the molecule is COc1ccc(CCC(O)c2cnccc2C)cc1. The second kappa shape index (κ2) is 6.34. The summed E-state index contributed by atoms with van der Waals surface area (Å²) in [4.78, 5) is 4.07. The van der Waals surface area contributed by atoms with Crippen molar-refractivity contribution in [3.8, 4) is 5.75 Å². The molecule has 0 aliphatic heterocycles. The second-order valence-electron chi connectivity index (χ2n) is 4.63. The summed E-state index contributed by atoms with van der Waals surface area (Å²) in [5, 5.41) is 10.2. The van der Waals surface area contributed by atoms with Crippen LogP contribution in [0.4, 0.5) is 0 Å². The Kier molecular flexibility index (Phi) is 4.53. The molecule has 2 rings (SSSR count). The molecule has 2 aromatic rings. The van der Waals surface area contributed by atoms with Crippen LogP contribution in [0.3, 0.4) is 0 Å². The molecule has 0 radical (unpaired) electrons. The fourth-order valence-corrected chi connectivity index (χ4v) is 2.08. The van der Waals surface area contributed by atoms with Gasteiger partial charge in [0.25, 0.3) is 0 Å². The van der Waals surface area contributed by atoms with Crippen LogP contribution in [-0.4, -0.2) is 17.2 Å². The lowest BCUT2D eigenvalue weighted by atomic mass is 10.00. The largest absolute Gasteiger partial charge is 0.497 e. The van der Waals surface area contributed by atoms with Gasteiger partial charge in [-0.1, -0.05) is 12.1 Å². The standard InChI is InChI=1S/C16H19NO2/c1-12-9-10-17-11-15(12)16(18)8-5-13-3-6-14(19-2)7-4-13/h3-4,6-7,9-11,16,18H,5,8H2,1-2H3. The normalized spacial score (nSPS) is 12.2. The van der Waals surface area contributed by atoms with Crippen LogP contribution in [0.1, 0.15) is 29.2 Å². The summed E-state index contributed by atoms with van der Waals surface area (Å²) in [6.07, 6.45) is 4.55. The van der Waals surface area contributed by atoms with Crippen LogP contribution in [0.15, 0.2) is 42.7 Å². The molecule has 3 nitrogen and oxygen atoms in total. The second-order valence-corrected chi connectivity index (χ2v) is 4.63. The Morgan fingerprint density at radius 3 is 2.58 bits per heavy atom. The molecule has 3 heteroatoms. The minimum Gasteiger partial charge on any atom is -0.497 e. The van der Waals surface area contributed by atoms with Crippen molar-refractivity contribution in [3.05, 3.63) is 59.4 Å². The van der Waals surface area contributed by atoms with Crippen molar-refractivity contribution in [1.82, 2.24) is 4.98 Å². The number of aliphatic hydroxyl groups is 1. The number of pyridine rings is 1. The topological polar surface area (TPSA) is 42.4 Å². The van der Waals surface area contributed by atoms with Crippen molar-refractivity contribution in [1.29, 1.82) is 0 Å². The number of methoxy groups -OCH3 is 1. The van der Waals surface area contributed by atoms with Crippen LogP contribution in [0, 0.1) is 6.92 Å². The zero-order chi connectivity index (χ0) is 13.7. The van der Waals surface area contributed by atoms with Gasteiger partial charge in [0.15, 0.2) is 0 Å². The molecule has 0 amide bonds. The van der Waals surface area contributed by atoms with Gasteiger partial charge in [0.1, 0.15) is 5.75 Å². The molecule has 1 unspecified atom stereocenters. The average molecular weight is 257 g/mol. The summed E-state index contributed by atoms with van der Waals surface area (Å²) in [7, 11) is 1.66. The Bertz CT molecular complexity index is 523. The van der Waals surface area contributed by atoms with Crippen molar-refractivity contribution in [2.24, 2.45) is 0 Å². The Morgan fingerprint density at radius 2 is 1.95 bits per heavy atom. The van der Waals surface area contributed by atoms with Crippen LogP contribution < -0.4 is 4.74 Å². The molecule has 1 N–H and O–H groups in total. The highest BCUT2D eigenvalue weighted by atomic mass is 16.5. The highest BCUT2D eigenvalue weighted by Crippen LogP contribution is 2.22. The highest BCUT2D eigenvalue weighted by Gasteiger charge is 2.10. The number of aryl methyl sites for hydroxylation is 2. The summed E-state index contributed by atoms with van der Waals surface area (Å²) in [6.45, 7) is 1.99. The first kappa shape index (κ1) is 13.6. The van der Waals surface area contributed by atoms with Crippen LogP contribution in [0.2, 0.25) is 0 Å². The van der Waals surface area contributed by atoms with E-state index in [0.717, 1.165) is 23.3 Å². The summed E-state index contributed by atoms with van der Waals surface area (Å²) in [6, 6.07) is 9.86. The third-order valence-corrected chi connectivity index (χ3v) is 3.30. The van der Waals surface area contributed by atoms with Crippen LogP contribution in [-0.2, 0) is 6.42 Å². The van der Waals surface area contributed by atoms with Crippen molar-refractivity contribution in [2.75, 3.05) is 7.11 Å². The predicted octanol–water partition coefficient (Wildman–Crippen LogP) is 3.06. The molecule has 0 saturated heterocycles. The lowest BCUT2D eigenvalue weighted by Crippen LogP contribution is -2.02. The molecular weight excluding hydrogens is 238 g/mol. The first-order chi connectivity index (χ1) is 9.20. The third kappa shape index (κ3) is 3.55. The molecule has 1 heterocycles. The van der Waals surface area contributed by atoms with Gasteiger partial charge < -0.3 is 9.84 Å². The maximum absolute atomic E-state index is 10.2. The number of aromatic nitrogens is 1. The fraction of sp³-hybridized carbons (Fsp3) is 0.312. The molecule has 0 bridgehead atoms. The Hall–Kier alpha value is -1.87. The van der Waals surface area contributed by atoms with E-state index in [2.05, 4.69) is 4.98 Å². The molecule has 1 atom stereocenters. The first-order valence-corrected chi connectivity index (χ1v) is 6.42. The van der Waals surface area contributed by atoms with E-state index in [1.165, 1.54) is 5.56 Å². The summed E-state index contributed by atoms with van der Waals surface area (Å²) in [5.74, 6) is 0.854. The van der Waals surface area contributed by atoms with Crippen LogP contribution >= 0.6 is 0 Å². The molecule has 0 saturated carbocycles. The van der Waals surface area contributed by atoms with Gasteiger partial charge in [-0.05, 0) is 49.1 Å². The minimum atomic E-state index is -0.462. The number of ether oxygens (including phenoxy) is 1. The summed E-state index contributed by atoms with van der Waals surface area (Å²) < 4.78 is 5.12. The Balaban J connectivity index is 1.96. The molecule has 1 aromatic heterocycles.